The predicted octanol–water partition coefficient (Wildman–Crippen LogP) is 4.89. The van der Waals surface area contributed by atoms with E-state index in [-0.39, 0.29) is 29.6 Å². The predicted molar refractivity (Wildman–Crippen MR) is 167 cm³/mol. The molecule has 8 heteroatoms. The van der Waals surface area contributed by atoms with Crippen LogP contribution in [0.5, 0.6) is 0 Å². The first kappa shape index (κ1) is 31.4. The van der Waals surface area contributed by atoms with E-state index in [4.69, 9.17) is 0 Å². The number of fused-ring (bicyclic) bond motifs is 1. The Morgan fingerprint density at radius 1 is 1.10 bits per heavy atom. The van der Waals surface area contributed by atoms with Gasteiger partial charge in [0.15, 0.2) is 0 Å². The van der Waals surface area contributed by atoms with Gasteiger partial charge in [-0.2, -0.15) is 0 Å². The number of hydrogen-bond acceptors (Lipinski definition) is 5. The molecule has 1 spiro atoms. The molecule has 2 bridgehead atoms. The zero-order valence-electron chi connectivity index (χ0n) is 25.0. The number of thioether (sulfide) groups is 1. The lowest BCUT2D eigenvalue weighted by atomic mass is 9.70. The van der Waals surface area contributed by atoms with E-state index in [0.717, 1.165) is 61.8 Å². The van der Waals surface area contributed by atoms with Crippen LogP contribution < -0.4 is 4.90 Å². The van der Waals surface area contributed by atoms with Crippen molar-refractivity contribution < 1.29 is 19.5 Å². The molecule has 3 fully saturated rings. The molecule has 0 aliphatic carbocycles. The maximum absolute atomic E-state index is 14.8. The summed E-state index contributed by atoms with van der Waals surface area (Å²) in [7, 11) is 0. The lowest BCUT2D eigenvalue weighted by Gasteiger charge is -2.38. The SMILES string of the molecule is C=CCN(CCC)C(=O)[C@@H]1[C@@H]2CCC3(S2)C(C(=O)N(CC=C)c2c(C)cccc2C)N(CCCCCCO)C(=O)[C@H]13. The average Bonchev–Trinajstić information content (AvgIpc) is 3.59. The Kier molecular flexibility index (Phi) is 10.4. The summed E-state index contributed by atoms with van der Waals surface area (Å²) in [4.78, 5) is 48.7. The topological polar surface area (TPSA) is 81.2 Å². The maximum Gasteiger partial charge on any atom is 0.251 e. The van der Waals surface area contributed by atoms with Crippen molar-refractivity contribution in [3.63, 3.8) is 0 Å². The van der Waals surface area contributed by atoms with Crippen LogP contribution in [-0.4, -0.2) is 81.5 Å². The van der Waals surface area contributed by atoms with Crippen molar-refractivity contribution in [3.8, 4) is 0 Å². The van der Waals surface area contributed by atoms with Gasteiger partial charge >= 0.3 is 0 Å². The third-order valence-electron chi connectivity index (χ3n) is 9.07. The molecule has 1 aromatic carbocycles. The first-order valence-corrected chi connectivity index (χ1v) is 16.1. The highest BCUT2D eigenvalue weighted by atomic mass is 32.2. The van der Waals surface area contributed by atoms with Gasteiger partial charge < -0.3 is 19.8 Å². The number of carbonyl (C=O) groups is 3. The van der Waals surface area contributed by atoms with Gasteiger partial charge in [-0.15, -0.1) is 24.9 Å². The van der Waals surface area contributed by atoms with Crippen molar-refractivity contribution in [3.05, 3.63) is 54.6 Å². The van der Waals surface area contributed by atoms with Gasteiger partial charge in [0, 0.05) is 43.7 Å². The number of para-hydroxylation sites is 1. The lowest BCUT2D eigenvalue weighted by Crippen LogP contribution is -2.55. The van der Waals surface area contributed by atoms with Gasteiger partial charge in [0.1, 0.15) is 6.04 Å². The molecule has 1 N–H and O–H groups in total. The van der Waals surface area contributed by atoms with E-state index < -0.39 is 22.6 Å². The van der Waals surface area contributed by atoms with Crippen LogP contribution in [0.1, 0.15) is 63.0 Å². The summed E-state index contributed by atoms with van der Waals surface area (Å²) >= 11 is 1.73. The van der Waals surface area contributed by atoms with Gasteiger partial charge in [-0.1, -0.05) is 50.1 Å². The highest BCUT2D eigenvalue weighted by molar-refractivity contribution is 8.02. The summed E-state index contributed by atoms with van der Waals surface area (Å²) in [6.07, 6.45) is 9.16. The molecular weight excluding hydrogens is 534 g/mol. The van der Waals surface area contributed by atoms with Gasteiger partial charge in [0.2, 0.25) is 11.8 Å². The zero-order chi connectivity index (χ0) is 29.7. The molecule has 4 rings (SSSR count). The van der Waals surface area contributed by atoms with Crippen LogP contribution in [0.2, 0.25) is 0 Å². The molecule has 41 heavy (non-hydrogen) atoms. The molecule has 3 saturated heterocycles. The lowest BCUT2D eigenvalue weighted by molar-refractivity contribution is -0.143. The van der Waals surface area contributed by atoms with E-state index >= 15 is 0 Å². The normalized spacial score (nSPS) is 26.2. The van der Waals surface area contributed by atoms with Crippen LogP contribution in [-0.2, 0) is 14.4 Å². The first-order valence-electron chi connectivity index (χ1n) is 15.2. The minimum Gasteiger partial charge on any atom is -0.396 e. The van der Waals surface area contributed by atoms with E-state index in [1.807, 2.05) is 46.7 Å². The second-order valence-corrected chi connectivity index (χ2v) is 13.4. The van der Waals surface area contributed by atoms with Gasteiger partial charge in [0.25, 0.3) is 5.91 Å². The molecule has 2 unspecified atom stereocenters. The standard InChI is InChI=1S/C33H47N3O4S/c1-6-18-34(19-7-2)30(38)26-25-16-17-33(41-25)27(26)31(39)36(21-11-9-10-12-22-37)29(33)32(40)35(20-8-3)28-23(4)14-13-15-24(28)5/h6,8,13-15,25-27,29,37H,1,3,7,9-12,16-22H2,2,4-5H3/t25-,26+,27-,29?,33?/m0/s1. The summed E-state index contributed by atoms with van der Waals surface area (Å²) in [5, 5.41) is 9.25. The van der Waals surface area contributed by atoms with Crippen LogP contribution in [0.3, 0.4) is 0 Å². The number of unbranched alkanes of at least 4 members (excludes halogenated alkanes) is 3. The number of rotatable bonds is 15. The molecule has 1 aromatic rings. The molecule has 7 nitrogen and oxygen atoms in total. The fraction of sp³-hybridized carbons (Fsp3) is 0.606. The largest absolute Gasteiger partial charge is 0.396 e. The molecule has 224 valence electrons. The van der Waals surface area contributed by atoms with Gasteiger partial charge in [0.05, 0.1) is 16.6 Å². The monoisotopic (exact) mass is 581 g/mol. The summed E-state index contributed by atoms with van der Waals surface area (Å²) in [5.41, 5.74) is 2.88. The Hall–Kier alpha value is -2.58. The first-order chi connectivity index (χ1) is 19.8. The quantitative estimate of drug-likeness (QED) is 0.236. The van der Waals surface area contributed by atoms with Crippen LogP contribution in [0.15, 0.2) is 43.5 Å². The smallest absolute Gasteiger partial charge is 0.251 e. The fourth-order valence-electron chi connectivity index (χ4n) is 7.43. The second kappa shape index (κ2) is 13.6. The number of carbonyl (C=O) groups excluding carboxylic acids is 3. The van der Waals surface area contributed by atoms with E-state index in [9.17, 15) is 19.5 Å². The van der Waals surface area contributed by atoms with Crippen LogP contribution in [0.25, 0.3) is 0 Å². The number of aliphatic hydroxyl groups excluding tert-OH is 1. The number of benzene rings is 1. The van der Waals surface area contributed by atoms with Crippen molar-refractivity contribution in [1.82, 2.24) is 9.80 Å². The molecule has 0 radical (unpaired) electrons. The van der Waals surface area contributed by atoms with Gasteiger partial charge in [-0.3, -0.25) is 14.4 Å². The van der Waals surface area contributed by atoms with Crippen molar-refractivity contribution in [1.29, 1.82) is 0 Å². The Morgan fingerprint density at radius 2 is 1.78 bits per heavy atom. The number of aryl methyl sites for hydroxylation is 2. The van der Waals surface area contributed by atoms with E-state index in [1.165, 1.54) is 0 Å². The Bertz CT molecular complexity index is 1140. The number of nitrogens with zero attached hydrogens (tertiary/aromatic N) is 3. The van der Waals surface area contributed by atoms with Gasteiger partial charge in [-0.25, -0.2) is 0 Å². The Morgan fingerprint density at radius 3 is 2.41 bits per heavy atom. The third kappa shape index (κ3) is 5.74. The van der Waals surface area contributed by atoms with Crippen molar-refractivity contribution in [2.24, 2.45) is 11.8 Å². The minimum atomic E-state index is -0.636. The number of likely N-dealkylation sites (tertiary alicyclic amines) is 1. The summed E-state index contributed by atoms with van der Waals surface area (Å²) in [5.74, 6) is -1.02. The highest BCUT2D eigenvalue weighted by Gasteiger charge is 2.74. The Labute approximate surface area is 250 Å². The van der Waals surface area contributed by atoms with E-state index in [0.29, 0.717) is 26.2 Å². The number of hydrogen-bond donors (Lipinski definition) is 1. The number of amides is 3. The molecular formula is C33H47N3O4S. The van der Waals surface area contributed by atoms with Crippen molar-refractivity contribution >= 4 is 35.2 Å². The average molecular weight is 582 g/mol. The fourth-order valence-corrected chi connectivity index (χ4v) is 9.64. The molecule has 3 aliphatic heterocycles. The molecule has 3 heterocycles. The minimum absolute atomic E-state index is 0.0258. The molecule has 3 amide bonds. The van der Waals surface area contributed by atoms with Crippen molar-refractivity contribution in [2.75, 3.05) is 37.7 Å². The molecule has 5 atom stereocenters. The van der Waals surface area contributed by atoms with Crippen LogP contribution in [0, 0.1) is 25.7 Å². The van der Waals surface area contributed by atoms with Crippen LogP contribution in [0.4, 0.5) is 5.69 Å². The van der Waals surface area contributed by atoms with Crippen LogP contribution >= 0.6 is 11.8 Å². The second-order valence-electron chi connectivity index (χ2n) is 11.8. The van der Waals surface area contributed by atoms with Crippen molar-refractivity contribution in [2.45, 2.75) is 81.8 Å². The number of anilines is 1. The highest BCUT2D eigenvalue weighted by Crippen LogP contribution is 2.66. The molecule has 3 aliphatic rings. The van der Waals surface area contributed by atoms with E-state index in [2.05, 4.69) is 20.1 Å². The Balaban J connectivity index is 1.75. The zero-order valence-corrected chi connectivity index (χ0v) is 25.8. The number of aliphatic hydroxyl groups is 1. The van der Waals surface area contributed by atoms with E-state index in [1.54, 1.807) is 23.9 Å². The third-order valence-corrected chi connectivity index (χ3v) is 11.0. The summed E-state index contributed by atoms with van der Waals surface area (Å²) < 4.78 is -0.619. The molecule has 0 aromatic heterocycles. The van der Waals surface area contributed by atoms with Gasteiger partial charge in [-0.05, 0) is 57.1 Å². The molecule has 0 saturated carbocycles. The summed E-state index contributed by atoms with van der Waals surface area (Å²) in [6, 6.07) is 5.38. The maximum atomic E-state index is 14.8. The summed E-state index contributed by atoms with van der Waals surface area (Å²) in [6.45, 7) is 16.0.